The number of carboxylic acids is 1. The summed E-state index contributed by atoms with van der Waals surface area (Å²) < 4.78 is 6.33. The summed E-state index contributed by atoms with van der Waals surface area (Å²) >= 11 is 0. The molecule has 1 amide bonds. The zero-order chi connectivity index (χ0) is 16.3. The molecule has 0 saturated heterocycles. The van der Waals surface area contributed by atoms with Gasteiger partial charge in [0.2, 0.25) is 5.91 Å². The number of aryl methyl sites for hydroxylation is 1. The molecule has 2 rings (SSSR count). The van der Waals surface area contributed by atoms with Crippen LogP contribution in [0.1, 0.15) is 21.9 Å². The number of carboxylic acid groups (broad SMARTS) is 1. The van der Waals surface area contributed by atoms with Gasteiger partial charge in [0.15, 0.2) is 0 Å². The van der Waals surface area contributed by atoms with Crippen molar-refractivity contribution >= 4 is 17.7 Å². The van der Waals surface area contributed by atoms with Gasteiger partial charge in [0.1, 0.15) is 23.6 Å². The minimum atomic E-state index is -1.11. The summed E-state index contributed by atoms with van der Waals surface area (Å²) in [4.78, 5) is 32.4. The number of furan rings is 1. The third-order valence-corrected chi connectivity index (χ3v) is 2.78. The lowest BCUT2D eigenvalue weighted by molar-refractivity contribution is -0.389. The number of hydrogen-bond donors (Lipinski definition) is 2. The van der Waals surface area contributed by atoms with E-state index < -0.39 is 16.8 Å². The van der Waals surface area contributed by atoms with Crippen molar-refractivity contribution in [2.24, 2.45) is 0 Å². The molecular weight excluding hydrogens is 296 g/mol. The Morgan fingerprint density at radius 2 is 2.27 bits per heavy atom. The van der Waals surface area contributed by atoms with E-state index in [2.05, 4.69) is 10.4 Å². The van der Waals surface area contributed by atoms with Crippen LogP contribution >= 0.6 is 0 Å². The van der Waals surface area contributed by atoms with E-state index in [0.29, 0.717) is 5.76 Å². The van der Waals surface area contributed by atoms with E-state index in [4.69, 9.17) is 9.52 Å². The van der Waals surface area contributed by atoms with E-state index in [1.807, 2.05) is 0 Å². The Bertz CT molecular complexity index is 732. The highest BCUT2D eigenvalue weighted by Crippen LogP contribution is 2.14. The third-order valence-electron chi connectivity index (χ3n) is 2.78. The summed E-state index contributed by atoms with van der Waals surface area (Å²) in [5.41, 5.74) is 0.0342. The van der Waals surface area contributed by atoms with Crippen LogP contribution in [0, 0.1) is 17.0 Å². The molecule has 22 heavy (non-hydrogen) atoms. The summed E-state index contributed by atoms with van der Waals surface area (Å²) in [5.74, 6) is -1.35. The largest absolute Gasteiger partial charge is 0.478 e. The molecule has 0 atom stereocenters. The summed E-state index contributed by atoms with van der Waals surface area (Å²) in [6, 6.07) is 2.51. The van der Waals surface area contributed by atoms with E-state index >= 15 is 0 Å². The molecule has 0 unspecified atom stereocenters. The summed E-state index contributed by atoms with van der Waals surface area (Å²) in [7, 11) is 0. The number of hydrogen-bond acceptors (Lipinski definition) is 6. The Kier molecular flexibility index (Phi) is 4.20. The van der Waals surface area contributed by atoms with Gasteiger partial charge in [0.05, 0.1) is 23.9 Å². The molecule has 0 aliphatic rings. The van der Waals surface area contributed by atoms with Crippen LogP contribution in [0.2, 0.25) is 0 Å². The molecule has 0 aromatic carbocycles. The Morgan fingerprint density at radius 3 is 2.82 bits per heavy atom. The topological polar surface area (TPSA) is 140 Å². The lowest BCUT2D eigenvalue weighted by atomic mass is 10.2. The van der Waals surface area contributed by atoms with Crippen molar-refractivity contribution in [3.05, 3.63) is 45.5 Å². The number of aromatic carboxylic acids is 1. The zero-order valence-corrected chi connectivity index (χ0v) is 11.5. The number of aromatic nitrogens is 2. The Morgan fingerprint density at radius 1 is 1.55 bits per heavy atom. The van der Waals surface area contributed by atoms with Gasteiger partial charge in [-0.25, -0.2) is 4.79 Å². The summed E-state index contributed by atoms with van der Waals surface area (Å²) in [6.07, 6.45) is 1.32. The molecule has 0 bridgehead atoms. The van der Waals surface area contributed by atoms with Crippen molar-refractivity contribution in [1.82, 2.24) is 15.1 Å². The maximum absolute atomic E-state index is 11.7. The highest BCUT2D eigenvalue weighted by molar-refractivity contribution is 5.88. The van der Waals surface area contributed by atoms with Crippen LogP contribution in [0.5, 0.6) is 0 Å². The molecule has 0 saturated carbocycles. The fourth-order valence-corrected chi connectivity index (χ4v) is 1.77. The Labute approximate surface area is 123 Å². The third kappa shape index (κ3) is 3.48. The first kappa shape index (κ1) is 15.2. The van der Waals surface area contributed by atoms with Gasteiger partial charge in [0.25, 0.3) is 0 Å². The quantitative estimate of drug-likeness (QED) is 0.591. The second-order valence-electron chi connectivity index (χ2n) is 4.39. The number of nitro groups is 1. The van der Waals surface area contributed by atoms with Crippen molar-refractivity contribution in [3.8, 4) is 0 Å². The number of carbonyl (C=O) groups excluding carboxylic acids is 1. The Hall–Kier alpha value is -3.17. The van der Waals surface area contributed by atoms with E-state index in [-0.39, 0.29) is 30.2 Å². The molecule has 0 fully saturated rings. The highest BCUT2D eigenvalue weighted by Gasteiger charge is 2.16. The van der Waals surface area contributed by atoms with Crippen LogP contribution in [0.4, 0.5) is 5.82 Å². The van der Waals surface area contributed by atoms with Gasteiger partial charge in [-0.15, -0.1) is 0 Å². The van der Waals surface area contributed by atoms with Gasteiger partial charge in [-0.1, -0.05) is 0 Å². The smallest absolute Gasteiger partial charge is 0.389 e. The van der Waals surface area contributed by atoms with Crippen LogP contribution in [0.15, 0.2) is 22.7 Å². The number of carbonyl (C=O) groups is 2. The van der Waals surface area contributed by atoms with Gasteiger partial charge in [-0.05, 0) is 17.9 Å². The predicted octanol–water partition coefficient (Wildman–Crippen LogP) is 0.707. The molecule has 2 aromatic rings. The normalized spacial score (nSPS) is 10.4. The zero-order valence-electron chi connectivity index (χ0n) is 11.5. The summed E-state index contributed by atoms with van der Waals surface area (Å²) in [5, 5.41) is 25.5. The van der Waals surface area contributed by atoms with Crippen LogP contribution in [0.3, 0.4) is 0 Å². The summed E-state index contributed by atoms with van der Waals surface area (Å²) in [6.45, 7) is 1.33. The molecule has 116 valence electrons. The Balaban J connectivity index is 1.91. The number of amides is 1. The van der Waals surface area contributed by atoms with Crippen molar-refractivity contribution < 1.29 is 24.0 Å². The molecule has 2 aromatic heterocycles. The van der Waals surface area contributed by atoms with Crippen LogP contribution in [0.25, 0.3) is 0 Å². The van der Waals surface area contributed by atoms with Crippen LogP contribution < -0.4 is 5.32 Å². The highest BCUT2D eigenvalue weighted by atomic mass is 16.6. The van der Waals surface area contributed by atoms with E-state index in [1.165, 1.54) is 25.3 Å². The van der Waals surface area contributed by atoms with Gasteiger partial charge in [-0.2, -0.15) is 4.68 Å². The average Bonchev–Trinajstić information content (AvgIpc) is 3.03. The monoisotopic (exact) mass is 308 g/mol. The predicted molar refractivity (Wildman–Crippen MR) is 71.1 cm³/mol. The number of nitrogens with zero attached hydrogens (tertiary/aromatic N) is 3. The van der Waals surface area contributed by atoms with Crippen molar-refractivity contribution in [1.29, 1.82) is 0 Å². The molecule has 10 heteroatoms. The van der Waals surface area contributed by atoms with Crippen LogP contribution in [-0.2, 0) is 17.9 Å². The molecule has 2 heterocycles. The molecule has 0 spiro atoms. The maximum atomic E-state index is 11.7. The maximum Gasteiger partial charge on any atom is 0.389 e. The fourth-order valence-electron chi connectivity index (χ4n) is 1.77. The van der Waals surface area contributed by atoms with Crippen LogP contribution in [-0.4, -0.2) is 31.7 Å². The van der Waals surface area contributed by atoms with Crippen molar-refractivity contribution in [2.45, 2.75) is 20.0 Å². The number of rotatable bonds is 6. The fraction of sp³-hybridized carbons (Fsp3) is 0.250. The molecular formula is C12H12N4O6. The molecule has 0 aliphatic carbocycles. The van der Waals surface area contributed by atoms with E-state index in [9.17, 15) is 19.7 Å². The second kappa shape index (κ2) is 6.08. The number of nitrogens with one attached hydrogen (secondary N) is 1. The first-order chi connectivity index (χ1) is 10.4. The van der Waals surface area contributed by atoms with Gasteiger partial charge in [0, 0.05) is 0 Å². The first-order valence-corrected chi connectivity index (χ1v) is 6.14. The van der Waals surface area contributed by atoms with E-state index in [1.54, 1.807) is 0 Å². The van der Waals surface area contributed by atoms with Crippen molar-refractivity contribution in [2.75, 3.05) is 0 Å². The molecule has 2 N–H and O–H groups in total. The SMILES string of the molecule is Cc1oc(CNC(=O)Cn2ccc([N+](=O)[O-])n2)cc1C(=O)O. The molecule has 10 nitrogen and oxygen atoms in total. The lowest BCUT2D eigenvalue weighted by Crippen LogP contribution is -2.27. The molecule has 0 radical (unpaired) electrons. The van der Waals surface area contributed by atoms with Gasteiger partial charge in [-0.3, -0.25) is 4.79 Å². The minimum Gasteiger partial charge on any atom is -0.478 e. The average molecular weight is 308 g/mol. The van der Waals surface area contributed by atoms with Gasteiger partial charge >= 0.3 is 11.8 Å². The lowest BCUT2D eigenvalue weighted by Gasteiger charge is -2.01. The second-order valence-corrected chi connectivity index (χ2v) is 4.39. The molecule has 0 aliphatic heterocycles. The van der Waals surface area contributed by atoms with Gasteiger partial charge < -0.3 is 25.0 Å². The van der Waals surface area contributed by atoms with Crippen molar-refractivity contribution in [3.63, 3.8) is 0 Å². The first-order valence-electron chi connectivity index (χ1n) is 6.14. The van der Waals surface area contributed by atoms with E-state index in [0.717, 1.165) is 4.68 Å². The minimum absolute atomic E-state index is 0.0102. The standard InChI is InChI=1S/C12H12N4O6/c1-7-9(12(18)19)4-8(22-7)5-13-11(17)6-15-3-2-10(14-15)16(20)21/h2-4H,5-6H2,1H3,(H,13,17)(H,18,19).